The minimum Gasteiger partial charge on any atom is -0.490 e. The Hall–Kier alpha value is -0.760. The summed E-state index contributed by atoms with van der Waals surface area (Å²) in [5, 5.41) is 0.0596. The Labute approximate surface area is 76.1 Å². The Balaban J connectivity index is 2.82. The molecule has 0 fully saturated rings. The summed E-state index contributed by atoms with van der Waals surface area (Å²) in [4.78, 5) is 0. The van der Waals surface area contributed by atoms with Gasteiger partial charge in [0.25, 0.3) is 0 Å². The van der Waals surface area contributed by atoms with Crippen LogP contribution in [-0.4, -0.2) is 6.10 Å². The van der Waals surface area contributed by atoms with Gasteiger partial charge < -0.3 is 4.74 Å². The largest absolute Gasteiger partial charge is 0.490 e. The lowest BCUT2D eigenvalue weighted by Crippen LogP contribution is -2.05. The zero-order valence-corrected chi connectivity index (χ0v) is 7.65. The Bertz CT molecular complexity index is 273. The highest BCUT2D eigenvalue weighted by atomic mass is 35.5. The van der Waals surface area contributed by atoms with Gasteiger partial charge in [0.2, 0.25) is 0 Å². The molecule has 0 aromatic heterocycles. The Morgan fingerprint density at radius 3 is 2.75 bits per heavy atom. The second-order valence-electron chi connectivity index (χ2n) is 2.66. The molecule has 1 aromatic rings. The molecule has 1 rings (SSSR count). The average molecular weight is 188 g/mol. The minimum atomic E-state index is -0.479. The van der Waals surface area contributed by atoms with E-state index < -0.39 is 5.82 Å². The predicted octanol–water partition coefficient (Wildman–Crippen LogP) is 3.07. The van der Waals surface area contributed by atoms with Gasteiger partial charge in [-0.05, 0) is 19.9 Å². The normalized spacial score (nSPS) is 10.4. The van der Waals surface area contributed by atoms with Crippen LogP contribution in [0.4, 0.5) is 4.39 Å². The maximum Gasteiger partial charge on any atom is 0.142 e. The Kier molecular flexibility index (Phi) is 2.93. The zero-order valence-electron chi connectivity index (χ0n) is 6.90. The van der Waals surface area contributed by atoms with Crippen LogP contribution in [0.5, 0.6) is 5.75 Å². The van der Waals surface area contributed by atoms with Gasteiger partial charge in [-0.3, -0.25) is 0 Å². The quantitative estimate of drug-likeness (QED) is 0.692. The third kappa shape index (κ3) is 2.38. The predicted molar refractivity (Wildman–Crippen MR) is 46.0 cm³/mol. The van der Waals surface area contributed by atoms with Crippen LogP contribution in [0.15, 0.2) is 12.1 Å². The summed E-state index contributed by atoms with van der Waals surface area (Å²) in [5.74, 6) is -0.0100. The Morgan fingerprint density at radius 2 is 2.25 bits per heavy atom. The molecule has 0 amide bonds. The van der Waals surface area contributed by atoms with E-state index >= 15 is 0 Å². The third-order valence-electron chi connectivity index (χ3n) is 1.19. The molecule has 0 saturated carbocycles. The molecule has 0 spiro atoms. The molecule has 12 heavy (non-hydrogen) atoms. The fraction of sp³-hybridized carbons (Fsp3) is 0.333. The van der Waals surface area contributed by atoms with E-state index in [9.17, 15) is 4.39 Å². The van der Waals surface area contributed by atoms with Crippen molar-refractivity contribution in [3.05, 3.63) is 29.0 Å². The van der Waals surface area contributed by atoms with Crippen LogP contribution in [0.3, 0.4) is 0 Å². The first kappa shape index (κ1) is 9.33. The molecule has 3 heteroatoms. The summed E-state index contributed by atoms with van der Waals surface area (Å²) in [6.45, 7) is 3.76. The van der Waals surface area contributed by atoms with Crippen LogP contribution in [0.25, 0.3) is 0 Å². The minimum absolute atomic E-state index is 0.0442. The highest BCUT2D eigenvalue weighted by molar-refractivity contribution is 6.30. The standard InChI is InChI=1S/C9H9ClFO/c1-6(2)12-7-3-4-9(11)8(10)5-7/h4-6H,1-2H3. The van der Waals surface area contributed by atoms with Crippen molar-refractivity contribution in [1.82, 2.24) is 0 Å². The fourth-order valence-corrected chi connectivity index (χ4v) is 0.905. The van der Waals surface area contributed by atoms with Crippen molar-refractivity contribution >= 4 is 11.6 Å². The molecular weight excluding hydrogens is 179 g/mol. The first-order valence-electron chi connectivity index (χ1n) is 3.63. The molecule has 0 heterocycles. The first-order chi connectivity index (χ1) is 5.59. The van der Waals surface area contributed by atoms with E-state index in [1.165, 1.54) is 12.1 Å². The summed E-state index contributed by atoms with van der Waals surface area (Å²) in [5.41, 5.74) is 0. The average Bonchev–Trinajstić information content (AvgIpc) is 1.96. The van der Waals surface area contributed by atoms with Crippen LogP contribution < -0.4 is 4.74 Å². The molecule has 1 radical (unpaired) electrons. The maximum atomic E-state index is 12.6. The van der Waals surface area contributed by atoms with Gasteiger partial charge in [0, 0.05) is 12.1 Å². The second kappa shape index (κ2) is 3.76. The smallest absolute Gasteiger partial charge is 0.142 e. The van der Waals surface area contributed by atoms with E-state index in [2.05, 4.69) is 6.07 Å². The van der Waals surface area contributed by atoms with Crippen LogP contribution in [-0.2, 0) is 0 Å². The van der Waals surface area contributed by atoms with E-state index in [0.29, 0.717) is 5.75 Å². The highest BCUT2D eigenvalue weighted by Crippen LogP contribution is 2.21. The van der Waals surface area contributed by atoms with Crippen molar-refractivity contribution < 1.29 is 9.13 Å². The van der Waals surface area contributed by atoms with Crippen molar-refractivity contribution in [2.24, 2.45) is 0 Å². The van der Waals surface area contributed by atoms with Gasteiger partial charge in [-0.25, -0.2) is 4.39 Å². The molecule has 0 aliphatic carbocycles. The topological polar surface area (TPSA) is 9.23 Å². The Morgan fingerprint density at radius 1 is 1.58 bits per heavy atom. The van der Waals surface area contributed by atoms with Crippen molar-refractivity contribution in [3.8, 4) is 5.75 Å². The molecule has 0 unspecified atom stereocenters. The summed E-state index contributed by atoms with van der Waals surface area (Å²) in [6.07, 6.45) is 0.0442. The number of halogens is 2. The van der Waals surface area contributed by atoms with Gasteiger partial charge >= 0.3 is 0 Å². The molecule has 0 saturated heterocycles. The van der Waals surface area contributed by atoms with Crippen LogP contribution in [0.1, 0.15) is 13.8 Å². The number of benzene rings is 1. The molecule has 65 valence electrons. The van der Waals surface area contributed by atoms with E-state index in [0.717, 1.165) is 0 Å². The molecule has 1 aromatic carbocycles. The molecule has 0 bridgehead atoms. The third-order valence-corrected chi connectivity index (χ3v) is 1.48. The first-order valence-corrected chi connectivity index (χ1v) is 4.01. The molecule has 0 N–H and O–H groups in total. The summed E-state index contributed by atoms with van der Waals surface area (Å²) in [6, 6.07) is 5.21. The number of hydrogen-bond acceptors (Lipinski definition) is 1. The SMILES string of the molecule is CC(C)Oc1[c]cc(F)c(Cl)c1. The molecule has 1 nitrogen and oxygen atoms in total. The molecule has 0 aliphatic rings. The van der Waals surface area contributed by atoms with Gasteiger partial charge in [-0.2, -0.15) is 0 Å². The van der Waals surface area contributed by atoms with Crippen molar-refractivity contribution in [2.45, 2.75) is 20.0 Å². The summed E-state index contributed by atoms with van der Waals surface area (Å²) >= 11 is 5.52. The number of rotatable bonds is 2. The van der Waals surface area contributed by atoms with E-state index in [4.69, 9.17) is 16.3 Å². The summed E-state index contributed by atoms with van der Waals surface area (Å²) < 4.78 is 17.9. The van der Waals surface area contributed by atoms with Gasteiger partial charge in [0.1, 0.15) is 11.6 Å². The molecule has 0 atom stereocenters. The van der Waals surface area contributed by atoms with Gasteiger partial charge in [0.15, 0.2) is 0 Å². The van der Waals surface area contributed by atoms with E-state index in [-0.39, 0.29) is 11.1 Å². The summed E-state index contributed by atoms with van der Waals surface area (Å²) in [7, 11) is 0. The van der Waals surface area contributed by atoms with E-state index in [1.807, 2.05) is 13.8 Å². The van der Waals surface area contributed by atoms with Crippen molar-refractivity contribution in [3.63, 3.8) is 0 Å². The van der Waals surface area contributed by atoms with Gasteiger partial charge in [-0.1, -0.05) is 11.6 Å². The van der Waals surface area contributed by atoms with Crippen molar-refractivity contribution in [1.29, 1.82) is 0 Å². The lowest BCUT2D eigenvalue weighted by molar-refractivity contribution is 0.241. The van der Waals surface area contributed by atoms with Crippen LogP contribution >= 0.6 is 11.6 Å². The lowest BCUT2D eigenvalue weighted by atomic mass is 10.3. The van der Waals surface area contributed by atoms with Gasteiger partial charge in [-0.15, -0.1) is 0 Å². The monoisotopic (exact) mass is 187 g/mol. The zero-order chi connectivity index (χ0) is 9.14. The van der Waals surface area contributed by atoms with Gasteiger partial charge in [0.05, 0.1) is 11.1 Å². The number of hydrogen-bond donors (Lipinski definition) is 0. The molecule has 0 aliphatic heterocycles. The highest BCUT2D eigenvalue weighted by Gasteiger charge is 2.02. The number of ether oxygens (including phenoxy) is 1. The van der Waals surface area contributed by atoms with Crippen LogP contribution in [0, 0.1) is 11.9 Å². The lowest BCUT2D eigenvalue weighted by Gasteiger charge is -2.08. The molecular formula is C9H9ClFO. The second-order valence-corrected chi connectivity index (χ2v) is 3.07. The van der Waals surface area contributed by atoms with E-state index in [1.54, 1.807) is 0 Å². The van der Waals surface area contributed by atoms with Crippen molar-refractivity contribution in [2.75, 3.05) is 0 Å². The maximum absolute atomic E-state index is 12.6. The van der Waals surface area contributed by atoms with Crippen LogP contribution in [0.2, 0.25) is 5.02 Å². The fourth-order valence-electron chi connectivity index (χ4n) is 0.751.